The first kappa shape index (κ1) is 15.0. The Labute approximate surface area is 111 Å². The van der Waals surface area contributed by atoms with Gasteiger partial charge in [0.2, 0.25) is 0 Å². The summed E-state index contributed by atoms with van der Waals surface area (Å²) in [5.41, 5.74) is 7.33. The molecule has 3 heteroatoms. The lowest BCUT2D eigenvalue weighted by Crippen LogP contribution is -2.46. The summed E-state index contributed by atoms with van der Waals surface area (Å²) in [5.74, 6) is 0.883. The average molecular weight is 250 g/mol. The summed E-state index contributed by atoms with van der Waals surface area (Å²) >= 11 is 0. The first-order chi connectivity index (χ1) is 8.43. The lowest BCUT2D eigenvalue weighted by atomic mass is 9.98. The van der Waals surface area contributed by atoms with Crippen molar-refractivity contribution < 1.29 is 4.74 Å². The molecule has 3 nitrogen and oxygen atoms in total. The summed E-state index contributed by atoms with van der Waals surface area (Å²) in [6, 6.07) is 8.44. The third-order valence-corrected chi connectivity index (χ3v) is 3.30. The minimum atomic E-state index is 0.110. The van der Waals surface area contributed by atoms with Crippen LogP contribution in [-0.4, -0.2) is 30.6 Å². The van der Waals surface area contributed by atoms with E-state index in [9.17, 15) is 0 Å². The van der Waals surface area contributed by atoms with Gasteiger partial charge in [-0.25, -0.2) is 0 Å². The molecule has 2 N–H and O–H groups in total. The summed E-state index contributed by atoms with van der Waals surface area (Å²) in [7, 11) is 1.68. The lowest BCUT2D eigenvalue weighted by molar-refractivity contribution is 0.0919. The number of rotatable bonds is 5. The van der Waals surface area contributed by atoms with Crippen molar-refractivity contribution in [2.75, 3.05) is 20.2 Å². The fourth-order valence-electron chi connectivity index (χ4n) is 2.43. The first-order valence-electron chi connectivity index (χ1n) is 6.54. The maximum Gasteiger partial charge on any atom is 0.118 e. The van der Waals surface area contributed by atoms with Crippen molar-refractivity contribution in [1.82, 2.24) is 4.90 Å². The third kappa shape index (κ3) is 3.47. The number of methoxy groups -OCH3 is 1. The van der Waals surface area contributed by atoms with Gasteiger partial charge in [0, 0.05) is 18.1 Å². The van der Waals surface area contributed by atoms with Crippen LogP contribution in [0.2, 0.25) is 0 Å². The number of nitrogens with zero attached hydrogens (tertiary/aromatic N) is 1. The van der Waals surface area contributed by atoms with Gasteiger partial charge < -0.3 is 10.5 Å². The largest absolute Gasteiger partial charge is 0.497 e. The normalized spacial score (nSPS) is 13.7. The van der Waals surface area contributed by atoms with Crippen LogP contribution in [0.3, 0.4) is 0 Å². The maximum absolute atomic E-state index is 5.98. The van der Waals surface area contributed by atoms with Crippen molar-refractivity contribution in [2.24, 2.45) is 5.73 Å². The van der Waals surface area contributed by atoms with Crippen LogP contribution in [0.15, 0.2) is 24.3 Å². The molecule has 0 saturated carbocycles. The number of hydrogen-bond acceptors (Lipinski definition) is 3. The monoisotopic (exact) mass is 250 g/mol. The molecule has 18 heavy (non-hydrogen) atoms. The van der Waals surface area contributed by atoms with Crippen LogP contribution < -0.4 is 10.5 Å². The van der Waals surface area contributed by atoms with E-state index in [4.69, 9.17) is 10.5 Å². The highest BCUT2D eigenvalue weighted by Crippen LogP contribution is 2.28. The highest BCUT2D eigenvalue weighted by Gasteiger charge is 2.27. The minimum absolute atomic E-state index is 0.110. The van der Waals surface area contributed by atoms with Crippen LogP contribution in [0.5, 0.6) is 5.75 Å². The van der Waals surface area contributed by atoms with Gasteiger partial charge >= 0.3 is 0 Å². The van der Waals surface area contributed by atoms with Crippen molar-refractivity contribution in [1.29, 1.82) is 0 Å². The predicted octanol–water partition coefficient (Wildman–Crippen LogP) is 2.82. The second kappa shape index (κ2) is 6.21. The molecule has 0 fully saturated rings. The van der Waals surface area contributed by atoms with Gasteiger partial charge in [-0.1, -0.05) is 19.1 Å². The molecule has 0 aliphatic rings. The number of likely N-dealkylation sites (N-methyl/N-ethyl adjacent to an activating group) is 1. The van der Waals surface area contributed by atoms with Crippen LogP contribution in [0.4, 0.5) is 0 Å². The SMILES string of the molecule is CCN(C(CN)c1ccc(OC)cc1)C(C)(C)C. The molecule has 0 aliphatic heterocycles. The van der Waals surface area contributed by atoms with Gasteiger partial charge in [-0.2, -0.15) is 0 Å². The Hall–Kier alpha value is -1.06. The van der Waals surface area contributed by atoms with E-state index in [1.807, 2.05) is 12.1 Å². The maximum atomic E-state index is 5.98. The zero-order valence-electron chi connectivity index (χ0n) is 12.2. The second-order valence-electron chi connectivity index (χ2n) is 5.48. The van der Waals surface area contributed by atoms with E-state index >= 15 is 0 Å². The van der Waals surface area contributed by atoms with E-state index in [-0.39, 0.29) is 11.6 Å². The number of benzene rings is 1. The molecule has 0 spiro atoms. The molecule has 1 atom stereocenters. The van der Waals surface area contributed by atoms with Gasteiger partial charge in [0.1, 0.15) is 5.75 Å². The number of ether oxygens (including phenoxy) is 1. The predicted molar refractivity (Wildman–Crippen MR) is 76.9 cm³/mol. The fraction of sp³-hybridized carbons (Fsp3) is 0.600. The molecule has 0 bridgehead atoms. The molecule has 0 amide bonds. The standard InChI is InChI=1S/C15H26N2O/c1-6-17(15(2,3)4)14(11-16)12-7-9-13(18-5)10-8-12/h7-10,14H,6,11,16H2,1-5H3. The van der Waals surface area contributed by atoms with Gasteiger partial charge in [0.05, 0.1) is 7.11 Å². The summed E-state index contributed by atoms with van der Waals surface area (Å²) < 4.78 is 5.19. The molecule has 0 aromatic heterocycles. The fourth-order valence-corrected chi connectivity index (χ4v) is 2.43. The van der Waals surface area contributed by atoms with Crippen molar-refractivity contribution in [3.63, 3.8) is 0 Å². The Balaban J connectivity index is 3.00. The Bertz CT molecular complexity index is 354. The molecule has 0 heterocycles. The molecule has 0 radical (unpaired) electrons. The van der Waals surface area contributed by atoms with Crippen molar-refractivity contribution >= 4 is 0 Å². The number of nitrogens with two attached hydrogens (primary N) is 1. The summed E-state index contributed by atoms with van der Waals surface area (Å²) in [5, 5.41) is 0. The Morgan fingerprint density at radius 1 is 1.22 bits per heavy atom. The zero-order valence-corrected chi connectivity index (χ0v) is 12.2. The van der Waals surface area contributed by atoms with Crippen molar-refractivity contribution in [3.8, 4) is 5.75 Å². The summed E-state index contributed by atoms with van der Waals surface area (Å²) in [4.78, 5) is 2.43. The third-order valence-electron chi connectivity index (χ3n) is 3.30. The van der Waals surface area contributed by atoms with Crippen LogP contribution >= 0.6 is 0 Å². The molecule has 1 rings (SSSR count). The van der Waals surface area contributed by atoms with Crippen LogP contribution in [0, 0.1) is 0 Å². The molecular weight excluding hydrogens is 224 g/mol. The summed E-state index contributed by atoms with van der Waals surface area (Å²) in [6.45, 7) is 10.5. The Morgan fingerprint density at radius 3 is 2.11 bits per heavy atom. The first-order valence-corrected chi connectivity index (χ1v) is 6.54. The highest BCUT2D eigenvalue weighted by atomic mass is 16.5. The minimum Gasteiger partial charge on any atom is -0.497 e. The van der Waals surface area contributed by atoms with Crippen molar-refractivity contribution in [2.45, 2.75) is 39.3 Å². The average Bonchev–Trinajstić information content (AvgIpc) is 2.34. The Morgan fingerprint density at radius 2 is 1.78 bits per heavy atom. The Kier molecular flexibility index (Phi) is 5.17. The van der Waals surface area contributed by atoms with E-state index in [1.54, 1.807) is 7.11 Å². The highest BCUT2D eigenvalue weighted by molar-refractivity contribution is 5.29. The van der Waals surface area contributed by atoms with Gasteiger partial charge in [-0.3, -0.25) is 4.90 Å². The van der Waals surface area contributed by atoms with E-state index in [1.165, 1.54) is 5.56 Å². The molecule has 1 aromatic rings. The van der Waals surface area contributed by atoms with Gasteiger partial charge in [-0.05, 0) is 45.0 Å². The van der Waals surface area contributed by atoms with Crippen LogP contribution in [-0.2, 0) is 0 Å². The van der Waals surface area contributed by atoms with Gasteiger partial charge in [0.25, 0.3) is 0 Å². The molecule has 0 saturated heterocycles. The molecular formula is C15H26N2O. The molecule has 1 unspecified atom stereocenters. The second-order valence-corrected chi connectivity index (χ2v) is 5.48. The molecule has 102 valence electrons. The smallest absolute Gasteiger partial charge is 0.118 e. The van der Waals surface area contributed by atoms with E-state index < -0.39 is 0 Å². The quantitative estimate of drug-likeness (QED) is 0.873. The zero-order chi connectivity index (χ0) is 13.8. The summed E-state index contributed by atoms with van der Waals surface area (Å²) in [6.07, 6.45) is 0. The van der Waals surface area contributed by atoms with Crippen LogP contribution in [0.1, 0.15) is 39.3 Å². The van der Waals surface area contributed by atoms with E-state index in [0.717, 1.165) is 12.3 Å². The lowest BCUT2D eigenvalue weighted by Gasteiger charge is -2.41. The molecule has 0 aliphatic carbocycles. The van der Waals surface area contributed by atoms with Gasteiger partial charge in [-0.15, -0.1) is 0 Å². The van der Waals surface area contributed by atoms with Gasteiger partial charge in [0.15, 0.2) is 0 Å². The molecule has 1 aromatic carbocycles. The van der Waals surface area contributed by atoms with E-state index in [0.29, 0.717) is 6.54 Å². The van der Waals surface area contributed by atoms with Crippen LogP contribution in [0.25, 0.3) is 0 Å². The van der Waals surface area contributed by atoms with Crippen molar-refractivity contribution in [3.05, 3.63) is 29.8 Å². The van der Waals surface area contributed by atoms with E-state index in [2.05, 4.69) is 44.7 Å². The number of hydrogen-bond donors (Lipinski definition) is 1. The topological polar surface area (TPSA) is 38.5 Å².